The molecule has 2 heteroatoms. The van der Waals surface area contributed by atoms with Crippen LogP contribution in [0, 0.1) is 6.92 Å². The summed E-state index contributed by atoms with van der Waals surface area (Å²) >= 11 is 0. The van der Waals surface area contributed by atoms with Crippen molar-refractivity contribution in [3.8, 4) is 0 Å². The van der Waals surface area contributed by atoms with Gasteiger partial charge in [-0.1, -0.05) is 58.4 Å². The predicted octanol–water partition coefficient (Wildman–Crippen LogP) is 3.67. The average Bonchev–Trinajstić information content (AvgIpc) is 2.26. The molecule has 0 saturated heterocycles. The minimum Gasteiger partial charge on any atom is -0.463 e. The van der Waals surface area contributed by atoms with Crippen LogP contribution >= 0.6 is 0 Å². The van der Waals surface area contributed by atoms with Gasteiger partial charge in [0, 0.05) is 6.08 Å². The maximum absolute atomic E-state index is 10.7. The Kier molecular flexibility index (Phi) is 10.7. The minimum atomic E-state index is -0.314. The van der Waals surface area contributed by atoms with Crippen molar-refractivity contribution in [1.82, 2.24) is 0 Å². The van der Waals surface area contributed by atoms with Crippen LogP contribution < -0.4 is 0 Å². The molecule has 0 N–H and O–H groups in total. The van der Waals surface area contributed by atoms with Gasteiger partial charge in [-0.3, -0.25) is 0 Å². The van der Waals surface area contributed by atoms with Crippen molar-refractivity contribution in [2.24, 2.45) is 0 Å². The van der Waals surface area contributed by atoms with Crippen LogP contribution in [0.4, 0.5) is 0 Å². The summed E-state index contributed by atoms with van der Waals surface area (Å²) in [6, 6.07) is 0. The van der Waals surface area contributed by atoms with Gasteiger partial charge in [-0.05, 0) is 6.42 Å². The molecular formula is C13H23O2. The third kappa shape index (κ3) is 11.1. The summed E-state index contributed by atoms with van der Waals surface area (Å²) < 4.78 is 4.87. The van der Waals surface area contributed by atoms with Crippen LogP contribution in [0.15, 0.2) is 12.7 Å². The van der Waals surface area contributed by atoms with Crippen LogP contribution in [0.2, 0.25) is 0 Å². The Morgan fingerprint density at radius 3 is 2.07 bits per heavy atom. The van der Waals surface area contributed by atoms with Crippen LogP contribution in [0.3, 0.4) is 0 Å². The molecule has 0 spiro atoms. The fourth-order valence-corrected chi connectivity index (χ4v) is 1.39. The van der Waals surface area contributed by atoms with E-state index in [1.165, 1.54) is 38.2 Å². The van der Waals surface area contributed by atoms with Gasteiger partial charge in [0.2, 0.25) is 0 Å². The highest BCUT2D eigenvalue weighted by Crippen LogP contribution is 2.08. The molecule has 0 amide bonds. The van der Waals surface area contributed by atoms with Gasteiger partial charge in [-0.2, -0.15) is 0 Å². The largest absolute Gasteiger partial charge is 0.463 e. The van der Waals surface area contributed by atoms with Crippen molar-refractivity contribution in [1.29, 1.82) is 0 Å². The Morgan fingerprint density at radius 1 is 1.00 bits per heavy atom. The van der Waals surface area contributed by atoms with Gasteiger partial charge < -0.3 is 4.74 Å². The normalized spacial score (nSPS) is 9.93. The highest BCUT2D eigenvalue weighted by Gasteiger charge is 1.95. The monoisotopic (exact) mass is 211 g/mol. The Hall–Kier alpha value is -0.790. The molecule has 0 saturated carbocycles. The van der Waals surface area contributed by atoms with Gasteiger partial charge in [-0.25, -0.2) is 4.79 Å². The van der Waals surface area contributed by atoms with E-state index in [-0.39, 0.29) is 5.97 Å². The lowest BCUT2D eigenvalue weighted by Gasteiger charge is -2.02. The van der Waals surface area contributed by atoms with E-state index in [1.54, 1.807) is 0 Å². The van der Waals surface area contributed by atoms with Gasteiger partial charge in [0.1, 0.15) is 0 Å². The molecule has 0 aliphatic rings. The number of esters is 1. The SMILES string of the molecule is [CH2]CCCCCCCCCOC(=O)C=C. The quantitative estimate of drug-likeness (QED) is 0.313. The molecule has 0 aromatic carbocycles. The molecular weight excluding hydrogens is 188 g/mol. The Balaban J connectivity index is 2.98. The summed E-state index contributed by atoms with van der Waals surface area (Å²) in [5, 5.41) is 0. The number of ether oxygens (including phenoxy) is 1. The number of carbonyl (C=O) groups excluding carboxylic acids is 1. The number of rotatable bonds is 10. The molecule has 1 radical (unpaired) electrons. The molecule has 0 aliphatic carbocycles. The number of carbonyl (C=O) groups is 1. The fraction of sp³-hybridized carbons (Fsp3) is 0.692. The summed E-state index contributed by atoms with van der Waals surface area (Å²) in [6.07, 6.45) is 10.8. The highest BCUT2D eigenvalue weighted by atomic mass is 16.5. The number of hydrogen-bond acceptors (Lipinski definition) is 2. The van der Waals surface area contributed by atoms with Gasteiger partial charge in [-0.15, -0.1) is 0 Å². The predicted molar refractivity (Wildman–Crippen MR) is 63.4 cm³/mol. The van der Waals surface area contributed by atoms with Gasteiger partial charge in [0.25, 0.3) is 0 Å². The maximum atomic E-state index is 10.7. The topological polar surface area (TPSA) is 26.3 Å². The zero-order valence-electron chi connectivity index (χ0n) is 9.67. The van der Waals surface area contributed by atoms with E-state index >= 15 is 0 Å². The molecule has 0 unspecified atom stereocenters. The fourth-order valence-electron chi connectivity index (χ4n) is 1.39. The zero-order valence-corrected chi connectivity index (χ0v) is 9.67. The van der Waals surface area contributed by atoms with E-state index < -0.39 is 0 Å². The molecule has 87 valence electrons. The molecule has 15 heavy (non-hydrogen) atoms. The first-order chi connectivity index (χ1) is 7.31. The summed E-state index contributed by atoms with van der Waals surface area (Å²) in [4.78, 5) is 10.7. The van der Waals surface area contributed by atoms with Crippen molar-refractivity contribution in [3.63, 3.8) is 0 Å². The van der Waals surface area contributed by atoms with Crippen LogP contribution in [0.25, 0.3) is 0 Å². The summed E-state index contributed by atoms with van der Waals surface area (Å²) in [5.41, 5.74) is 0. The Bertz CT molecular complexity index is 164. The van der Waals surface area contributed by atoms with Crippen LogP contribution in [0.5, 0.6) is 0 Å². The first-order valence-corrected chi connectivity index (χ1v) is 5.89. The summed E-state index contributed by atoms with van der Waals surface area (Å²) in [7, 11) is 0. The molecule has 0 atom stereocenters. The molecule has 0 fully saturated rings. The van der Waals surface area contributed by atoms with E-state index in [4.69, 9.17) is 4.74 Å². The van der Waals surface area contributed by atoms with Crippen LogP contribution in [-0.2, 0) is 9.53 Å². The van der Waals surface area contributed by atoms with Gasteiger partial charge in [0.15, 0.2) is 0 Å². The van der Waals surface area contributed by atoms with Crippen LogP contribution in [0.1, 0.15) is 51.4 Å². The van der Waals surface area contributed by atoms with E-state index in [0.29, 0.717) is 6.61 Å². The third-order valence-electron chi connectivity index (χ3n) is 2.31. The van der Waals surface area contributed by atoms with Crippen molar-refractivity contribution >= 4 is 5.97 Å². The molecule has 2 nitrogen and oxygen atoms in total. The molecule has 0 bridgehead atoms. The standard InChI is InChI=1S/C13H23O2/c1-3-5-6-7-8-9-10-11-12-15-13(14)4-2/h4H,1-3,5-12H2. The second-order valence-corrected chi connectivity index (χ2v) is 3.70. The smallest absolute Gasteiger partial charge is 0.330 e. The van der Waals surface area contributed by atoms with E-state index in [9.17, 15) is 4.79 Å². The molecule has 0 aliphatic heterocycles. The van der Waals surface area contributed by atoms with Gasteiger partial charge >= 0.3 is 5.97 Å². The Labute approximate surface area is 93.7 Å². The lowest BCUT2D eigenvalue weighted by molar-refractivity contribution is -0.137. The summed E-state index contributed by atoms with van der Waals surface area (Å²) in [6.45, 7) is 7.68. The summed E-state index contributed by atoms with van der Waals surface area (Å²) in [5.74, 6) is -0.314. The minimum absolute atomic E-state index is 0.314. The first kappa shape index (κ1) is 14.2. The maximum Gasteiger partial charge on any atom is 0.330 e. The van der Waals surface area contributed by atoms with Crippen molar-refractivity contribution in [2.45, 2.75) is 51.4 Å². The number of unbranched alkanes of at least 4 members (excludes halogenated alkanes) is 7. The highest BCUT2D eigenvalue weighted by molar-refractivity contribution is 5.81. The number of hydrogen-bond donors (Lipinski definition) is 0. The second kappa shape index (κ2) is 11.3. The van der Waals surface area contributed by atoms with Crippen molar-refractivity contribution < 1.29 is 9.53 Å². The van der Waals surface area contributed by atoms with Crippen molar-refractivity contribution in [3.05, 3.63) is 19.6 Å². The average molecular weight is 211 g/mol. The van der Waals surface area contributed by atoms with Crippen LogP contribution in [-0.4, -0.2) is 12.6 Å². The zero-order chi connectivity index (χ0) is 11.4. The van der Waals surface area contributed by atoms with E-state index in [1.807, 2.05) is 0 Å². The Morgan fingerprint density at radius 2 is 1.53 bits per heavy atom. The second-order valence-electron chi connectivity index (χ2n) is 3.70. The van der Waals surface area contributed by atoms with Gasteiger partial charge in [0.05, 0.1) is 6.61 Å². The lowest BCUT2D eigenvalue weighted by atomic mass is 10.1. The molecule has 0 aromatic heterocycles. The van der Waals surface area contributed by atoms with E-state index in [0.717, 1.165) is 19.3 Å². The molecule has 0 rings (SSSR count). The molecule has 0 aromatic rings. The third-order valence-corrected chi connectivity index (χ3v) is 2.31. The molecule has 0 heterocycles. The van der Waals surface area contributed by atoms with E-state index in [2.05, 4.69) is 13.5 Å². The lowest BCUT2D eigenvalue weighted by Crippen LogP contribution is -2.01. The van der Waals surface area contributed by atoms with Crippen molar-refractivity contribution in [2.75, 3.05) is 6.61 Å². The first-order valence-electron chi connectivity index (χ1n) is 5.89.